The molecule has 1 amide bonds. The first-order valence-corrected chi connectivity index (χ1v) is 9.83. The molecule has 2 aromatic carbocycles. The lowest BCUT2D eigenvalue weighted by atomic mass is 10.1. The normalized spacial score (nSPS) is 14.5. The maximum Gasteiger partial charge on any atom is 0.287 e. The van der Waals surface area contributed by atoms with Gasteiger partial charge in [-0.05, 0) is 24.6 Å². The van der Waals surface area contributed by atoms with E-state index in [1.165, 1.54) is 37.6 Å². The van der Waals surface area contributed by atoms with E-state index in [0.717, 1.165) is 17.7 Å². The molecule has 0 saturated carbocycles. The second-order valence-electron chi connectivity index (χ2n) is 7.56. The highest BCUT2D eigenvalue weighted by Gasteiger charge is 2.18. The third kappa shape index (κ3) is 3.99. The number of rotatable bonds is 5. The number of aryl methyl sites for hydroxylation is 1. The van der Waals surface area contributed by atoms with Gasteiger partial charge in [0.1, 0.15) is 12.1 Å². The molecule has 28 heavy (non-hydrogen) atoms. The predicted molar refractivity (Wildman–Crippen MR) is 108 cm³/mol. The van der Waals surface area contributed by atoms with Crippen LogP contribution < -0.4 is 15.6 Å². The highest BCUT2D eigenvalue weighted by atomic mass is 16.3. The van der Waals surface area contributed by atoms with Crippen LogP contribution in [0.2, 0.25) is 0 Å². The van der Waals surface area contributed by atoms with Crippen LogP contribution in [-0.2, 0) is 13.1 Å². The van der Waals surface area contributed by atoms with Crippen LogP contribution in [0, 0.1) is 6.92 Å². The Labute approximate surface area is 164 Å². The number of hydrogen-bond donors (Lipinski definition) is 2. The monoisotopic (exact) mass is 377 g/mol. The molecule has 1 aliphatic rings. The molecular formula is C23H25N2O3+. The van der Waals surface area contributed by atoms with Crippen LogP contribution in [0.4, 0.5) is 0 Å². The topological polar surface area (TPSA) is 63.8 Å². The van der Waals surface area contributed by atoms with Gasteiger partial charge < -0.3 is 14.6 Å². The van der Waals surface area contributed by atoms with Gasteiger partial charge >= 0.3 is 0 Å². The van der Waals surface area contributed by atoms with Crippen molar-refractivity contribution in [2.75, 3.05) is 13.1 Å². The number of hydrogen-bond acceptors (Lipinski definition) is 3. The van der Waals surface area contributed by atoms with Gasteiger partial charge in [-0.15, -0.1) is 0 Å². The van der Waals surface area contributed by atoms with E-state index in [9.17, 15) is 9.59 Å². The van der Waals surface area contributed by atoms with Crippen LogP contribution in [0.15, 0.2) is 57.7 Å². The summed E-state index contributed by atoms with van der Waals surface area (Å²) < 4.78 is 5.67. The lowest BCUT2D eigenvalue weighted by Crippen LogP contribution is -3.08. The van der Waals surface area contributed by atoms with Crippen LogP contribution in [0.25, 0.3) is 11.0 Å². The van der Waals surface area contributed by atoms with Gasteiger partial charge in [-0.3, -0.25) is 9.59 Å². The fourth-order valence-corrected chi connectivity index (χ4v) is 3.87. The number of benzene rings is 2. The molecule has 1 fully saturated rings. The van der Waals surface area contributed by atoms with Crippen molar-refractivity contribution in [3.05, 3.63) is 81.2 Å². The number of nitrogens with one attached hydrogen (secondary N) is 2. The number of fused-ring (bicyclic) bond motifs is 1. The lowest BCUT2D eigenvalue weighted by Gasteiger charge is -2.15. The summed E-state index contributed by atoms with van der Waals surface area (Å²) in [5.41, 5.74) is 3.58. The minimum Gasteiger partial charge on any atom is -0.451 e. The molecule has 1 aromatic heterocycles. The number of carbonyl (C=O) groups excluding carboxylic acids is 1. The van der Waals surface area contributed by atoms with E-state index < -0.39 is 0 Å². The third-order valence-corrected chi connectivity index (χ3v) is 5.42. The fraction of sp³-hybridized carbons (Fsp3) is 0.304. The molecule has 0 atom stereocenters. The zero-order valence-corrected chi connectivity index (χ0v) is 16.1. The first-order chi connectivity index (χ1) is 13.6. The number of quaternary nitrogens is 1. The summed E-state index contributed by atoms with van der Waals surface area (Å²) in [6.07, 6.45) is 2.57. The quantitative estimate of drug-likeness (QED) is 0.717. The fourth-order valence-electron chi connectivity index (χ4n) is 3.87. The molecular weight excluding hydrogens is 352 g/mol. The second kappa shape index (κ2) is 7.98. The van der Waals surface area contributed by atoms with Gasteiger partial charge in [0.15, 0.2) is 11.2 Å². The molecule has 1 saturated heterocycles. The third-order valence-electron chi connectivity index (χ3n) is 5.42. The number of likely N-dealkylation sites (tertiary alicyclic amines) is 1. The zero-order chi connectivity index (χ0) is 19.5. The van der Waals surface area contributed by atoms with E-state index in [1.54, 1.807) is 17.0 Å². The van der Waals surface area contributed by atoms with Gasteiger partial charge in [0.05, 0.1) is 18.5 Å². The lowest BCUT2D eigenvalue weighted by molar-refractivity contribution is -0.901. The van der Waals surface area contributed by atoms with Crippen LogP contribution in [0.1, 0.15) is 40.1 Å². The molecule has 144 valence electrons. The molecule has 1 aliphatic heterocycles. The van der Waals surface area contributed by atoms with Crippen molar-refractivity contribution in [3.63, 3.8) is 0 Å². The Morgan fingerprint density at radius 2 is 1.82 bits per heavy atom. The SMILES string of the molecule is Cc1ccc2oc(C(=O)NCc3ccccc3C[NH+]3CCCC3)cc(=O)c2c1. The van der Waals surface area contributed by atoms with Crippen molar-refractivity contribution in [1.82, 2.24) is 5.32 Å². The summed E-state index contributed by atoms with van der Waals surface area (Å²) in [6, 6.07) is 14.9. The van der Waals surface area contributed by atoms with Crippen molar-refractivity contribution < 1.29 is 14.1 Å². The van der Waals surface area contributed by atoms with E-state index in [0.29, 0.717) is 17.5 Å². The van der Waals surface area contributed by atoms with Crippen LogP contribution in [-0.4, -0.2) is 19.0 Å². The molecule has 2 heterocycles. The Balaban J connectivity index is 1.50. The average Bonchev–Trinajstić information content (AvgIpc) is 3.20. The molecule has 0 aliphatic carbocycles. The minimum absolute atomic E-state index is 0.0454. The molecule has 5 heteroatoms. The number of carbonyl (C=O) groups is 1. The van der Waals surface area contributed by atoms with Gasteiger partial charge in [-0.2, -0.15) is 0 Å². The molecule has 0 radical (unpaired) electrons. The zero-order valence-electron chi connectivity index (χ0n) is 16.1. The first-order valence-electron chi connectivity index (χ1n) is 9.83. The molecule has 0 spiro atoms. The highest BCUT2D eigenvalue weighted by Crippen LogP contribution is 2.14. The predicted octanol–water partition coefficient (Wildman–Crippen LogP) is 2.21. The van der Waals surface area contributed by atoms with Crippen molar-refractivity contribution in [2.24, 2.45) is 0 Å². The van der Waals surface area contributed by atoms with E-state index in [4.69, 9.17) is 4.42 Å². The van der Waals surface area contributed by atoms with Crippen molar-refractivity contribution >= 4 is 16.9 Å². The Hall–Kier alpha value is -2.92. The van der Waals surface area contributed by atoms with Gasteiger partial charge in [0.2, 0.25) is 0 Å². The summed E-state index contributed by atoms with van der Waals surface area (Å²) in [7, 11) is 0. The second-order valence-corrected chi connectivity index (χ2v) is 7.56. The summed E-state index contributed by atoms with van der Waals surface area (Å²) in [4.78, 5) is 26.5. The van der Waals surface area contributed by atoms with Gasteiger partial charge in [0, 0.05) is 31.0 Å². The Morgan fingerprint density at radius 3 is 2.61 bits per heavy atom. The Bertz CT molecular complexity index is 1060. The molecule has 5 nitrogen and oxygen atoms in total. The Morgan fingerprint density at radius 1 is 1.07 bits per heavy atom. The van der Waals surface area contributed by atoms with E-state index >= 15 is 0 Å². The maximum atomic E-state index is 12.6. The summed E-state index contributed by atoms with van der Waals surface area (Å²) in [6.45, 7) is 5.74. The van der Waals surface area contributed by atoms with Crippen LogP contribution in [0.5, 0.6) is 0 Å². The van der Waals surface area contributed by atoms with Gasteiger partial charge in [-0.25, -0.2) is 0 Å². The maximum absolute atomic E-state index is 12.6. The first kappa shape index (κ1) is 18.4. The van der Waals surface area contributed by atoms with E-state index in [-0.39, 0.29) is 17.1 Å². The van der Waals surface area contributed by atoms with Crippen molar-refractivity contribution in [3.8, 4) is 0 Å². The smallest absolute Gasteiger partial charge is 0.287 e. The van der Waals surface area contributed by atoms with Crippen LogP contribution >= 0.6 is 0 Å². The van der Waals surface area contributed by atoms with Crippen molar-refractivity contribution in [1.29, 1.82) is 0 Å². The minimum atomic E-state index is -0.372. The summed E-state index contributed by atoms with van der Waals surface area (Å²) in [5, 5.41) is 3.40. The largest absolute Gasteiger partial charge is 0.451 e. The molecule has 3 aromatic rings. The van der Waals surface area contributed by atoms with Gasteiger partial charge in [0.25, 0.3) is 5.91 Å². The van der Waals surface area contributed by atoms with Crippen molar-refractivity contribution in [2.45, 2.75) is 32.9 Å². The molecule has 0 unspecified atom stereocenters. The summed E-state index contributed by atoms with van der Waals surface area (Å²) >= 11 is 0. The van der Waals surface area contributed by atoms with Crippen LogP contribution in [0.3, 0.4) is 0 Å². The molecule has 0 bridgehead atoms. The molecule has 2 N–H and O–H groups in total. The van der Waals surface area contributed by atoms with E-state index in [2.05, 4.69) is 11.4 Å². The standard InChI is InChI=1S/C23H24N2O3/c1-16-8-9-21-19(12-16)20(26)13-22(28-21)23(27)24-14-17-6-2-3-7-18(17)15-25-10-4-5-11-25/h2-3,6-9,12-13H,4-5,10-11,14-15H2,1H3,(H,24,27)/p+1. The summed E-state index contributed by atoms with van der Waals surface area (Å²) in [5.74, 6) is -0.327. The van der Waals surface area contributed by atoms with E-state index in [1.807, 2.05) is 31.2 Å². The average molecular weight is 377 g/mol. The Kier molecular flexibility index (Phi) is 5.26. The molecule has 4 rings (SSSR count). The number of amides is 1. The highest BCUT2D eigenvalue weighted by molar-refractivity contribution is 5.93. The van der Waals surface area contributed by atoms with Gasteiger partial charge in [-0.1, -0.05) is 35.9 Å².